The second-order valence-electron chi connectivity index (χ2n) is 5.02. The van der Waals surface area contributed by atoms with Gasteiger partial charge in [-0.25, -0.2) is 9.98 Å². The minimum Gasteiger partial charge on any atom is -0.506 e. The fourth-order valence-electron chi connectivity index (χ4n) is 2.09. The highest BCUT2D eigenvalue weighted by Crippen LogP contribution is 2.32. The first-order valence-corrected chi connectivity index (χ1v) is 7.22. The fourth-order valence-corrected chi connectivity index (χ4v) is 2.27. The van der Waals surface area contributed by atoms with Gasteiger partial charge in [0.25, 0.3) is 0 Å². The van der Waals surface area contributed by atoms with Crippen LogP contribution < -0.4 is 5.73 Å². The smallest absolute Gasteiger partial charge is 0.134 e. The zero-order chi connectivity index (χ0) is 17.1. The summed E-state index contributed by atoms with van der Waals surface area (Å²) in [5, 5.41) is 9.81. The Kier molecular flexibility index (Phi) is 4.86. The van der Waals surface area contributed by atoms with Crippen LogP contribution in [0.1, 0.15) is 24.0 Å². The molecule has 2 aromatic rings. The molecule has 7 heteroatoms. The molecule has 1 aromatic heterocycles. The molecule has 6 nitrogen and oxygen atoms in total. The van der Waals surface area contributed by atoms with Crippen LogP contribution in [0.25, 0.3) is 11.4 Å². The maximum Gasteiger partial charge on any atom is 0.134 e. The number of nitrogens with two attached hydrogens (primary N) is 1. The highest BCUT2D eigenvalue weighted by Gasteiger charge is 2.16. The van der Waals surface area contributed by atoms with E-state index in [1.165, 1.54) is 6.07 Å². The molecule has 0 bridgehead atoms. The quantitative estimate of drug-likeness (QED) is 0.666. The normalized spacial score (nSPS) is 13.0. The third-order valence-corrected chi connectivity index (χ3v) is 3.66. The zero-order valence-corrected chi connectivity index (χ0v) is 14.0. The van der Waals surface area contributed by atoms with E-state index >= 15 is 0 Å². The number of imidazole rings is 1. The maximum atomic E-state index is 9.59. The summed E-state index contributed by atoms with van der Waals surface area (Å²) in [5.74, 6) is 1.20. The van der Waals surface area contributed by atoms with Gasteiger partial charge in [-0.05, 0) is 38.8 Å². The Morgan fingerprint density at radius 3 is 2.57 bits per heavy atom. The molecule has 0 aliphatic rings. The molecule has 0 radical (unpaired) electrons. The molecular weight excluding hydrogens is 314 g/mol. The Balaban J connectivity index is 2.77. The van der Waals surface area contributed by atoms with E-state index in [0.717, 1.165) is 11.5 Å². The van der Waals surface area contributed by atoms with Gasteiger partial charge in [0, 0.05) is 12.6 Å². The molecule has 0 unspecified atom stereocenters. The number of rotatable bonds is 4. The molecule has 1 aromatic carbocycles. The number of halogens is 1. The van der Waals surface area contributed by atoms with Crippen molar-refractivity contribution >= 4 is 35.5 Å². The number of amidine groups is 1. The van der Waals surface area contributed by atoms with Gasteiger partial charge in [0.05, 0.1) is 28.4 Å². The summed E-state index contributed by atoms with van der Waals surface area (Å²) in [6, 6.07) is 4.79. The van der Waals surface area contributed by atoms with Crippen LogP contribution >= 0.6 is 11.6 Å². The Labute approximate surface area is 139 Å². The third-order valence-electron chi connectivity index (χ3n) is 3.35. The van der Waals surface area contributed by atoms with Crippen LogP contribution in [-0.4, -0.2) is 27.2 Å². The van der Waals surface area contributed by atoms with Crippen LogP contribution in [0.4, 0.5) is 0 Å². The molecule has 0 atom stereocenters. The summed E-state index contributed by atoms with van der Waals surface area (Å²) in [4.78, 5) is 12.8. The second-order valence-corrected chi connectivity index (χ2v) is 5.43. The van der Waals surface area contributed by atoms with Crippen molar-refractivity contribution in [3.05, 3.63) is 46.5 Å². The molecular formula is C16H18ClN5O. The topological polar surface area (TPSA) is 88.8 Å². The van der Waals surface area contributed by atoms with Crippen LogP contribution in [0.2, 0.25) is 5.02 Å². The lowest BCUT2D eigenvalue weighted by molar-refractivity contribution is 0.475. The highest BCUT2D eigenvalue weighted by molar-refractivity contribution is 6.32. The molecule has 0 spiro atoms. The largest absolute Gasteiger partial charge is 0.506 e. The maximum absolute atomic E-state index is 9.59. The monoisotopic (exact) mass is 331 g/mol. The fraction of sp³-hybridized carbons (Fsp3) is 0.188. The summed E-state index contributed by atoms with van der Waals surface area (Å²) in [6.07, 6.45) is 1.70. The summed E-state index contributed by atoms with van der Waals surface area (Å²) in [5.41, 5.74) is 8.22. The molecule has 23 heavy (non-hydrogen) atoms. The van der Waals surface area contributed by atoms with Gasteiger partial charge >= 0.3 is 0 Å². The summed E-state index contributed by atoms with van der Waals surface area (Å²) in [7, 11) is 1.88. The second kappa shape index (κ2) is 6.66. The number of aryl methyl sites for hydroxylation is 1. The zero-order valence-electron chi connectivity index (χ0n) is 13.2. The Bertz CT molecular complexity index is 816. The first kappa shape index (κ1) is 16.8. The van der Waals surface area contributed by atoms with E-state index in [1.807, 2.05) is 18.5 Å². The molecule has 0 saturated heterocycles. The lowest BCUT2D eigenvalue weighted by Gasteiger charge is -2.11. The first-order chi connectivity index (χ1) is 10.8. The third kappa shape index (κ3) is 3.43. The van der Waals surface area contributed by atoms with Gasteiger partial charge < -0.3 is 15.4 Å². The summed E-state index contributed by atoms with van der Waals surface area (Å²) in [6.45, 7) is 7.20. The van der Waals surface area contributed by atoms with E-state index in [2.05, 4.69) is 21.7 Å². The van der Waals surface area contributed by atoms with E-state index in [-0.39, 0.29) is 10.8 Å². The van der Waals surface area contributed by atoms with Gasteiger partial charge in [-0.2, -0.15) is 0 Å². The number of hydrogen-bond donors (Lipinski definition) is 2. The first-order valence-electron chi connectivity index (χ1n) is 6.84. The van der Waals surface area contributed by atoms with Crippen molar-refractivity contribution < 1.29 is 5.11 Å². The van der Waals surface area contributed by atoms with Crippen molar-refractivity contribution in [2.24, 2.45) is 22.8 Å². The van der Waals surface area contributed by atoms with Gasteiger partial charge in [-0.15, -0.1) is 0 Å². The minimum atomic E-state index is -0.00439. The van der Waals surface area contributed by atoms with Crippen LogP contribution in [0.3, 0.4) is 0 Å². The predicted octanol–water partition coefficient (Wildman–Crippen LogP) is 2.99. The van der Waals surface area contributed by atoms with Gasteiger partial charge in [0.15, 0.2) is 0 Å². The van der Waals surface area contributed by atoms with Gasteiger partial charge in [0.2, 0.25) is 0 Å². The SMILES string of the molecule is C=N/C(=C(\N=C(/C)N)c1cnc(C)n1C)c1ccc(O)c(Cl)c1. The van der Waals surface area contributed by atoms with Crippen molar-refractivity contribution in [1.29, 1.82) is 0 Å². The van der Waals surface area contributed by atoms with E-state index < -0.39 is 0 Å². The van der Waals surface area contributed by atoms with Crippen molar-refractivity contribution in [1.82, 2.24) is 9.55 Å². The molecule has 0 aliphatic carbocycles. The number of aromatic hydroxyl groups is 1. The van der Waals surface area contributed by atoms with E-state index in [0.29, 0.717) is 22.8 Å². The van der Waals surface area contributed by atoms with E-state index in [9.17, 15) is 5.11 Å². The molecule has 0 saturated carbocycles. The number of aliphatic imine (C=N–C) groups is 2. The van der Waals surface area contributed by atoms with Crippen molar-refractivity contribution in [3.63, 3.8) is 0 Å². The number of nitrogens with zero attached hydrogens (tertiary/aromatic N) is 4. The van der Waals surface area contributed by atoms with Gasteiger partial charge in [-0.1, -0.05) is 11.6 Å². The van der Waals surface area contributed by atoms with E-state index in [4.69, 9.17) is 17.3 Å². The van der Waals surface area contributed by atoms with Crippen LogP contribution in [0, 0.1) is 6.92 Å². The molecule has 0 amide bonds. The van der Waals surface area contributed by atoms with E-state index in [1.54, 1.807) is 25.3 Å². The molecule has 2 rings (SSSR count). The molecule has 0 aliphatic heterocycles. The minimum absolute atomic E-state index is 0.00439. The Hall–Kier alpha value is -2.60. The lowest BCUT2D eigenvalue weighted by atomic mass is 10.1. The van der Waals surface area contributed by atoms with Crippen LogP contribution in [0.15, 0.2) is 34.4 Å². The molecule has 3 N–H and O–H groups in total. The summed E-state index contributed by atoms with van der Waals surface area (Å²) >= 11 is 5.99. The molecule has 0 fully saturated rings. The molecule has 1 heterocycles. The number of aromatic nitrogens is 2. The lowest BCUT2D eigenvalue weighted by Crippen LogP contribution is -2.07. The number of hydrogen-bond acceptors (Lipinski definition) is 4. The average molecular weight is 332 g/mol. The number of phenolic OH excluding ortho intramolecular Hbond substituents is 1. The van der Waals surface area contributed by atoms with Gasteiger partial charge in [0.1, 0.15) is 17.3 Å². The number of benzene rings is 1. The average Bonchev–Trinajstić information content (AvgIpc) is 2.82. The van der Waals surface area contributed by atoms with Crippen molar-refractivity contribution in [2.75, 3.05) is 0 Å². The predicted molar refractivity (Wildman–Crippen MR) is 94.7 cm³/mol. The van der Waals surface area contributed by atoms with Gasteiger partial charge in [-0.3, -0.25) is 4.99 Å². The van der Waals surface area contributed by atoms with Crippen molar-refractivity contribution in [2.45, 2.75) is 13.8 Å². The van der Waals surface area contributed by atoms with Crippen molar-refractivity contribution in [3.8, 4) is 5.75 Å². The number of phenols is 1. The van der Waals surface area contributed by atoms with Crippen LogP contribution in [0.5, 0.6) is 5.75 Å². The molecule has 120 valence electrons. The summed E-state index contributed by atoms with van der Waals surface area (Å²) < 4.78 is 1.88. The Morgan fingerprint density at radius 1 is 1.39 bits per heavy atom. The van der Waals surface area contributed by atoms with Crippen LogP contribution in [-0.2, 0) is 7.05 Å². The standard InChI is InChI=1S/C16H18ClN5O/c1-9(18)21-16(13-8-20-10(2)22(13)4)15(19-3)11-5-6-14(23)12(17)7-11/h5-8,23H,3H2,1-2,4H3,(H2,18,21)/b16-15-. The Morgan fingerprint density at radius 2 is 2.09 bits per heavy atom. The highest BCUT2D eigenvalue weighted by atomic mass is 35.5.